The highest BCUT2D eigenvalue weighted by molar-refractivity contribution is 14.0. The summed E-state index contributed by atoms with van der Waals surface area (Å²) in [5.41, 5.74) is 2.23. The minimum atomic E-state index is 0. The Bertz CT molecular complexity index is 730. The first-order valence-corrected chi connectivity index (χ1v) is 11.1. The van der Waals surface area contributed by atoms with Crippen LogP contribution in [0.3, 0.4) is 0 Å². The Morgan fingerprint density at radius 1 is 1.28 bits per heavy atom. The summed E-state index contributed by atoms with van der Waals surface area (Å²) in [6.45, 7) is 6.45. The zero-order chi connectivity index (χ0) is 22.6. The Hall–Kier alpha value is -1.59. The molecule has 1 atom stereocenters. The lowest BCUT2D eigenvalue weighted by molar-refractivity contribution is -0.133. The standard InChI is InChI=1S/C23H39N5O3.HI/c1-18-9-10-19(21(16-18)31-15-14-30-5)17-26-23(24-2)25-11-7-13-28-12-6-8-20(28)22(29)27(3)4;/h9-10,16,20H,6-8,11-15,17H2,1-5H3,(H2,24,25,26);1H. The number of hydrogen-bond acceptors (Lipinski definition) is 5. The van der Waals surface area contributed by atoms with Crippen LogP contribution in [-0.4, -0.2) is 88.8 Å². The van der Waals surface area contributed by atoms with E-state index in [0.29, 0.717) is 19.8 Å². The number of benzene rings is 1. The number of guanidine groups is 1. The Labute approximate surface area is 210 Å². The van der Waals surface area contributed by atoms with E-state index in [-0.39, 0.29) is 35.9 Å². The molecule has 1 aliphatic rings. The van der Waals surface area contributed by atoms with Crippen LogP contribution < -0.4 is 15.4 Å². The fraction of sp³-hybridized carbons (Fsp3) is 0.652. The largest absolute Gasteiger partial charge is 0.491 e. The van der Waals surface area contributed by atoms with Gasteiger partial charge in [0.1, 0.15) is 12.4 Å². The third-order valence-electron chi connectivity index (χ3n) is 5.44. The average Bonchev–Trinajstić information content (AvgIpc) is 3.22. The van der Waals surface area contributed by atoms with Crippen molar-refractivity contribution >= 4 is 35.8 Å². The summed E-state index contributed by atoms with van der Waals surface area (Å²) in [5.74, 6) is 1.83. The molecule has 0 saturated carbocycles. The normalized spacial score (nSPS) is 16.4. The van der Waals surface area contributed by atoms with Gasteiger partial charge in [0, 0.05) is 53.5 Å². The Kier molecular flexibility index (Phi) is 13.6. The van der Waals surface area contributed by atoms with Gasteiger partial charge in [-0.3, -0.25) is 14.7 Å². The maximum Gasteiger partial charge on any atom is 0.239 e. The smallest absolute Gasteiger partial charge is 0.239 e. The lowest BCUT2D eigenvalue weighted by Gasteiger charge is -2.26. The molecule has 0 bridgehead atoms. The van der Waals surface area contributed by atoms with Crippen LogP contribution in [0.4, 0.5) is 0 Å². The van der Waals surface area contributed by atoms with Crippen LogP contribution >= 0.6 is 24.0 Å². The molecule has 182 valence electrons. The molecule has 8 nitrogen and oxygen atoms in total. The zero-order valence-electron chi connectivity index (χ0n) is 20.1. The lowest BCUT2D eigenvalue weighted by atomic mass is 10.1. The highest BCUT2D eigenvalue weighted by atomic mass is 127. The monoisotopic (exact) mass is 561 g/mol. The van der Waals surface area contributed by atoms with Crippen LogP contribution in [0.15, 0.2) is 23.2 Å². The van der Waals surface area contributed by atoms with Gasteiger partial charge in [0.25, 0.3) is 0 Å². The van der Waals surface area contributed by atoms with Crippen molar-refractivity contribution in [2.24, 2.45) is 4.99 Å². The molecule has 2 N–H and O–H groups in total. The maximum atomic E-state index is 12.3. The van der Waals surface area contributed by atoms with E-state index < -0.39 is 0 Å². The third kappa shape index (κ3) is 9.11. The molecule has 32 heavy (non-hydrogen) atoms. The predicted molar refractivity (Wildman–Crippen MR) is 140 cm³/mol. The van der Waals surface area contributed by atoms with Crippen molar-refractivity contribution in [3.63, 3.8) is 0 Å². The second-order valence-corrected chi connectivity index (χ2v) is 8.09. The van der Waals surface area contributed by atoms with Gasteiger partial charge in [0.2, 0.25) is 5.91 Å². The van der Waals surface area contributed by atoms with E-state index in [4.69, 9.17) is 9.47 Å². The molecule has 0 aromatic heterocycles. The van der Waals surface area contributed by atoms with Gasteiger partial charge in [0.15, 0.2) is 5.96 Å². The summed E-state index contributed by atoms with van der Waals surface area (Å²) in [6, 6.07) is 6.24. The fourth-order valence-corrected chi connectivity index (χ4v) is 3.74. The van der Waals surface area contributed by atoms with E-state index in [1.807, 2.05) is 20.2 Å². The molecule has 0 aliphatic carbocycles. The topological polar surface area (TPSA) is 78.4 Å². The van der Waals surface area contributed by atoms with Crippen molar-refractivity contribution in [2.75, 3.05) is 61.1 Å². The molecule has 1 saturated heterocycles. The van der Waals surface area contributed by atoms with E-state index >= 15 is 0 Å². The second-order valence-electron chi connectivity index (χ2n) is 8.09. The molecule has 0 radical (unpaired) electrons. The van der Waals surface area contributed by atoms with Gasteiger partial charge in [0.05, 0.1) is 12.6 Å². The quantitative estimate of drug-likeness (QED) is 0.187. The highest BCUT2D eigenvalue weighted by Gasteiger charge is 2.30. The van der Waals surface area contributed by atoms with Crippen LogP contribution in [0.2, 0.25) is 0 Å². The number of hydrogen-bond donors (Lipinski definition) is 2. The summed E-state index contributed by atoms with van der Waals surface area (Å²) in [6.07, 6.45) is 3.00. The number of ether oxygens (including phenoxy) is 2. The van der Waals surface area contributed by atoms with Gasteiger partial charge < -0.3 is 25.0 Å². The highest BCUT2D eigenvalue weighted by Crippen LogP contribution is 2.20. The second kappa shape index (κ2) is 15.3. The van der Waals surface area contributed by atoms with Crippen molar-refractivity contribution in [1.82, 2.24) is 20.4 Å². The Morgan fingerprint density at radius 2 is 2.06 bits per heavy atom. The number of amides is 1. The summed E-state index contributed by atoms with van der Waals surface area (Å²) < 4.78 is 10.9. The van der Waals surface area contributed by atoms with Crippen LogP contribution in [0.1, 0.15) is 30.4 Å². The molecule has 1 unspecified atom stereocenters. The maximum absolute atomic E-state index is 12.3. The number of carbonyl (C=O) groups is 1. The first-order valence-electron chi connectivity index (χ1n) is 11.1. The molecule has 1 fully saturated rings. The molecule has 1 aromatic rings. The van der Waals surface area contributed by atoms with E-state index in [1.54, 1.807) is 19.1 Å². The number of aryl methyl sites for hydroxylation is 1. The summed E-state index contributed by atoms with van der Waals surface area (Å²) in [5, 5.41) is 6.73. The molecular formula is C23H40IN5O3. The van der Waals surface area contributed by atoms with Crippen LogP contribution in [0.25, 0.3) is 0 Å². The summed E-state index contributed by atoms with van der Waals surface area (Å²) in [4.78, 5) is 20.6. The van der Waals surface area contributed by atoms with E-state index in [0.717, 1.165) is 61.7 Å². The number of halogens is 1. The molecule has 2 rings (SSSR count). The number of likely N-dealkylation sites (tertiary alicyclic amines) is 1. The summed E-state index contributed by atoms with van der Waals surface area (Å²) >= 11 is 0. The summed E-state index contributed by atoms with van der Waals surface area (Å²) in [7, 11) is 7.10. The van der Waals surface area contributed by atoms with Gasteiger partial charge in [-0.05, 0) is 44.4 Å². The molecule has 9 heteroatoms. The van der Waals surface area contributed by atoms with Gasteiger partial charge in [-0.1, -0.05) is 12.1 Å². The molecule has 1 aliphatic heterocycles. The van der Waals surface area contributed by atoms with Crippen LogP contribution in [0.5, 0.6) is 5.75 Å². The van der Waals surface area contributed by atoms with Crippen molar-refractivity contribution in [1.29, 1.82) is 0 Å². The number of nitrogens with one attached hydrogen (secondary N) is 2. The number of rotatable bonds is 11. The van der Waals surface area contributed by atoms with E-state index in [1.165, 1.54) is 0 Å². The SMILES string of the molecule is CN=C(NCCCN1CCCC1C(=O)N(C)C)NCc1ccc(C)cc1OCCOC.I. The van der Waals surface area contributed by atoms with Gasteiger partial charge >= 0.3 is 0 Å². The first-order chi connectivity index (χ1) is 15.0. The Morgan fingerprint density at radius 3 is 2.75 bits per heavy atom. The zero-order valence-corrected chi connectivity index (χ0v) is 22.5. The minimum absolute atomic E-state index is 0. The molecule has 1 aromatic carbocycles. The molecular weight excluding hydrogens is 521 g/mol. The van der Waals surface area contributed by atoms with Crippen molar-refractivity contribution in [3.05, 3.63) is 29.3 Å². The van der Waals surface area contributed by atoms with Crippen molar-refractivity contribution in [3.8, 4) is 5.75 Å². The third-order valence-corrected chi connectivity index (χ3v) is 5.44. The van der Waals surface area contributed by atoms with Gasteiger partial charge in [-0.2, -0.15) is 0 Å². The van der Waals surface area contributed by atoms with Crippen molar-refractivity contribution in [2.45, 2.75) is 38.8 Å². The minimum Gasteiger partial charge on any atom is -0.491 e. The average molecular weight is 562 g/mol. The first kappa shape index (κ1) is 28.4. The number of likely N-dealkylation sites (N-methyl/N-ethyl adjacent to an activating group) is 1. The van der Waals surface area contributed by atoms with Crippen LogP contribution in [-0.2, 0) is 16.1 Å². The fourth-order valence-electron chi connectivity index (χ4n) is 3.74. The number of nitrogens with zero attached hydrogens (tertiary/aromatic N) is 3. The van der Waals surface area contributed by atoms with E-state index in [9.17, 15) is 4.79 Å². The number of methoxy groups -OCH3 is 1. The Balaban J connectivity index is 0.00000512. The number of carbonyl (C=O) groups excluding carboxylic acids is 1. The predicted octanol–water partition coefficient (Wildman–Crippen LogP) is 2.25. The molecule has 0 spiro atoms. The van der Waals surface area contributed by atoms with Gasteiger partial charge in [-0.25, -0.2) is 0 Å². The van der Waals surface area contributed by atoms with Gasteiger partial charge in [-0.15, -0.1) is 24.0 Å². The molecule has 1 heterocycles. The van der Waals surface area contributed by atoms with Crippen LogP contribution in [0, 0.1) is 6.92 Å². The van der Waals surface area contributed by atoms with E-state index in [2.05, 4.69) is 39.6 Å². The molecule has 1 amide bonds. The van der Waals surface area contributed by atoms with Crippen molar-refractivity contribution < 1.29 is 14.3 Å². The lowest BCUT2D eigenvalue weighted by Crippen LogP contribution is -2.44. The number of aliphatic imine (C=N–C) groups is 1.